The number of pyridine rings is 8. The van der Waals surface area contributed by atoms with Gasteiger partial charge in [0.2, 0.25) is 23.5 Å². The molecule has 4 amide bonds. The Morgan fingerprint density at radius 3 is 0.719 bits per heavy atom. The summed E-state index contributed by atoms with van der Waals surface area (Å²) >= 11 is 0. The Morgan fingerprint density at radius 1 is 0.320 bits per heavy atom. The molecular formula is C92H96F4N20O12. The Kier molecular flexibility index (Phi) is 24.0. The number of rotatable bonds is 12. The fourth-order valence-electron chi connectivity index (χ4n) is 16.5. The molecule has 20 rings (SSSR count). The molecule has 32 nitrogen and oxygen atoms in total. The lowest BCUT2D eigenvalue weighted by Crippen LogP contribution is -2.35. The second kappa shape index (κ2) is 35.9. The number of nitrogens with two attached hydrogens (primary N) is 4. The number of nitrogens with one attached hydrogen (secondary N) is 8. The monoisotopic (exact) mass is 1750 g/mol. The fraction of sp³-hybridized carbons (Fsp3) is 0.348. The molecule has 0 spiro atoms. The Labute approximate surface area is 731 Å². The molecular weight excluding hydrogens is 1650 g/mol. The summed E-state index contributed by atoms with van der Waals surface area (Å²) in [4.78, 5) is 82.9. The maximum atomic E-state index is 15.2. The van der Waals surface area contributed by atoms with Crippen molar-refractivity contribution in [2.75, 3.05) is 118 Å². The van der Waals surface area contributed by atoms with E-state index in [0.717, 1.165) is 96.4 Å². The highest BCUT2D eigenvalue weighted by Gasteiger charge is 2.36. The number of anilines is 12. The molecule has 12 heterocycles. The first kappa shape index (κ1) is 85.7. The Hall–Kier alpha value is -14.5. The molecule has 4 fully saturated rings. The van der Waals surface area contributed by atoms with E-state index in [2.05, 4.69) is 82.4 Å². The number of carbonyl (C=O) groups is 4. The van der Waals surface area contributed by atoms with Crippen molar-refractivity contribution in [3.05, 3.63) is 144 Å². The minimum Gasteiger partial charge on any atom is -0.474 e. The minimum atomic E-state index is -0.551. The van der Waals surface area contributed by atoms with Crippen molar-refractivity contribution in [1.82, 2.24) is 39.9 Å². The molecule has 0 saturated heterocycles. The van der Waals surface area contributed by atoms with Crippen molar-refractivity contribution in [1.29, 1.82) is 0 Å². The number of benzene rings is 4. The van der Waals surface area contributed by atoms with Gasteiger partial charge < -0.3 is 82.1 Å². The van der Waals surface area contributed by atoms with Crippen LogP contribution in [0.2, 0.25) is 0 Å². The molecule has 0 unspecified atom stereocenters. The van der Waals surface area contributed by atoms with Crippen LogP contribution in [0.5, 0.6) is 23.5 Å². The van der Waals surface area contributed by atoms with Crippen LogP contribution in [0.15, 0.2) is 98.1 Å². The average Bonchev–Trinajstić information content (AvgIpc) is 0.771. The molecule has 8 atom stereocenters. The van der Waals surface area contributed by atoms with Gasteiger partial charge in [0, 0.05) is 142 Å². The summed E-state index contributed by atoms with van der Waals surface area (Å²) in [6.45, 7) is 20.4. The molecule has 4 aliphatic heterocycles. The number of halogens is 4. The normalized spacial score (nSPS) is 19.3. The van der Waals surface area contributed by atoms with Crippen LogP contribution in [0.4, 0.5) is 106 Å². The Morgan fingerprint density at radius 2 is 0.531 bits per heavy atom. The maximum Gasteiger partial charge on any atom is 0.413 e. The average molecular weight is 1750 g/mol. The maximum absolute atomic E-state index is 15.2. The van der Waals surface area contributed by atoms with Gasteiger partial charge in [-0.15, -0.1) is 0 Å². The Bertz CT molecular complexity index is 5690. The predicted molar refractivity (Wildman–Crippen MR) is 481 cm³/mol. The molecule has 4 aromatic carbocycles. The zero-order valence-electron chi connectivity index (χ0n) is 71.5. The third-order valence-electron chi connectivity index (χ3n) is 25.1. The summed E-state index contributed by atoms with van der Waals surface area (Å²) in [6, 6.07) is 13.4. The molecule has 4 saturated carbocycles. The van der Waals surface area contributed by atoms with Crippen molar-refractivity contribution in [2.24, 2.45) is 23.7 Å². The van der Waals surface area contributed by atoms with Crippen LogP contribution in [0.3, 0.4) is 0 Å². The van der Waals surface area contributed by atoms with Crippen molar-refractivity contribution < 1.29 is 74.6 Å². The van der Waals surface area contributed by atoms with Crippen LogP contribution >= 0.6 is 0 Å². The highest BCUT2D eigenvalue weighted by molar-refractivity contribution is 6.04. The number of amides is 4. The number of ether oxygens (including phenoxy) is 8. The van der Waals surface area contributed by atoms with E-state index in [4.69, 9.17) is 60.8 Å². The van der Waals surface area contributed by atoms with Crippen LogP contribution in [0.1, 0.15) is 101 Å². The van der Waals surface area contributed by atoms with Crippen LogP contribution < -0.4 is 84.4 Å². The van der Waals surface area contributed by atoms with Gasteiger partial charge in [0.15, 0.2) is 23.3 Å². The summed E-state index contributed by atoms with van der Waals surface area (Å²) in [5.41, 5.74) is 34.4. The first-order valence-corrected chi connectivity index (χ1v) is 42.6. The van der Waals surface area contributed by atoms with E-state index in [0.29, 0.717) is 211 Å². The van der Waals surface area contributed by atoms with Crippen molar-refractivity contribution >= 4 is 136 Å². The topological polar surface area (TPSA) is 446 Å². The first-order valence-electron chi connectivity index (χ1n) is 42.6. The van der Waals surface area contributed by atoms with Gasteiger partial charge in [-0.25, -0.2) is 76.6 Å². The quantitative estimate of drug-likeness (QED) is 0.0307. The number of hydrogen-bond donors (Lipinski definition) is 12. The van der Waals surface area contributed by atoms with E-state index in [-0.39, 0.29) is 47.2 Å². The van der Waals surface area contributed by atoms with E-state index >= 15 is 17.6 Å². The SMILES string of the molecule is Cc1c(-c2cc3cc(NC(=O)O[C@@H]4CC[C@@H]4C)ncc3c(N)c2F)cnc2c1NCCO2.Cc1c(-c2cc3cc(NC(=O)O[C@@H]4CC[C@H]4C)ncc3c(N)c2F)cnc2c1NCCO2.Cc1c(-c2cc3cc(NC(=O)O[C@@H]4CC[C@H]4C)ncc3c(N)c2F)cnc2c1NCCO2.Cc1c(-c2cc3cc(NC(=O)O[C@H]4CC[C@H]4C)ncc3c(N)c2F)cnc2c1NCCO2. The molecule has 16 N–H and O–H groups in total. The van der Waals surface area contributed by atoms with Crippen molar-refractivity contribution in [2.45, 2.75) is 131 Å². The lowest BCUT2D eigenvalue weighted by Gasteiger charge is -2.32. The van der Waals surface area contributed by atoms with Gasteiger partial charge in [0.05, 0.1) is 22.7 Å². The zero-order valence-corrected chi connectivity index (χ0v) is 71.5. The fourth-order valence-corrected chi connectivity index (χ4v) is 16.5. The van der Waals surface area contributed by atoms with E-state index in [1.54, 1.807) is 73.3 Å². The van der Waals surface area contributed by atoms with E-state index in [9.17, 15) is 19.2 Å². The van der Waals surface area contributed by atoms with E-state index in [1.807, 2.05) is 55.4 Å². The van der Waals surface area contributed by atoms with Gasteiger partial charge in [-0.1, -0.05) is 27.7 Å². The lowest BCUT2D eigenvalue weighted by molar-refractivity contribution is 0.0169. The summed E-state index contributed by atoms with van der Waals surface area (Å²) in [5.74, 6) is 2.53. The number of aromatic nitrogens is 8. The van der Waals surface area contributed by atoms with Crippen LogP contribution in [-0.2, 0) is 18.9 Å². The van der Waals surface area contributed by atoms with Crippen molar-refractivity contribution in [3.63, 3.8) is 0 Å². The van der Waals surface area contributed by atoms with Crippen molar-refractivity contribution in [3.8, 4) is 68.0 Å². The summed E-state index contributed by atoms with van der Waals surface area (Å²) < 4.78 is 105. The molecule has 0 radical (unpaired) electrons. The van der Waals surface area contributed by atoms with Gasteiger partial charge in [-0.2, -0.15) is 0 Å². The standard InChI is InChI=1S/4C23H24FN5O3/c4*1-11-3-4-17(11)32-23(30)29-18-8-13-7-14(19(24)20(25)16(13)10-27-18)15-9-28-22-21(12(15)2)26-5-6-31-22/h4*7-11,17,26H,3-6,25H2,1-2H3,(H,27,29,30)/t2*11-,17+;2*11-,17-/m1011/s1. The van der Waals surface area contributed by atoms with E-state index < -0.39 is 47.6 Å². The van der Waals surface area contributed by atoms with Crippen LogP contribution in [0, 0.1) is 74.6 Å². The number of fused-ring (bicyclic) bond motifs is 8. The predicted octanol–water partition coefficient (Wildman–Crippen LogP) is 17.9. The molecule has 4 aliphatic carbocycles. The smallest absolute Gasteiger partial charge is 0.413 e. The third-order valence-corrected chi connectivity index (χ3v) is 25.1. The Balaban J connectivity index is 0.000000120. The van der Waals surface area contributed by atoms with Gasteiger partial charge in [-0.05, 0) is 195 Å². The molecule has 128 heavy (non-hydrogen) atoms. The van der Waals surface area contributed by atoms with Gasteiger partial charge in [0.25, 0.3) is 0 Å². The molecule has 664 valence electrons. The summed E-state index contributed by atoms with van der Waals surface area (Å²) in [5, 5.41) is 28.1. The van der Waals surface area contributed by atoms with Gasteiger partial charge in [0.1, 0.15) is 96.9 Å². The third kappa shape index (κ3) is 17.2. The highest BCUT2D eigenvalue weighted by atomic mass is 19.1. The summed E-state index contributed by atoms with van der Waals surface area (Å²) in [7, 11) is 0. The van der Waals surface area contributed by atoms with Gasteiger partial charge in [-0.3, -0.25) is 21.3 Å². The number of hydrogen-bond acceptors (Lipinski definition) is 28. The zero-order chi connectivity index (χ0) is 89.6. The second-order valence-electron chi connectivity index (χ2n) is 33.3. The number of nitrogen functional groups attached to an aromatic ring is 4. The molecule has 36 heteroatoms. The van der Waals surface area contributed by atoms with Crippen LogP contribution in [-0.4, -0.2) is 141 Å². The molecule has 12 aromatic rings. The summed E-state index contributed by atoms with van der Waals surface area (Å²) in [6.07, 6.45) is 17.4. The first-order chi connectivity index (χ1) is 61.7. The lowest BCUT2D eigenvalue weighted by atomic mass is 9.84. The number of carbonyl (C=O) groups excluding carboxylic acids is 4. The van der Waals surface area contributed by atoms with Gasteiger partial charge >= 0.3 is 24.4 Å². The van der Waals surface area contributed by atoms with E-state index in [1.165, 1.54) is 24.8 Å². The minimum absolute atomic E-state index is 0.0104. The second-order valence-corrected chi connectivity index (χ2v) is 33.3. The molecule has 8 aromatic heterocycles. The molecule has 8 aliphatic rings. The largest absolute Gasteiger partial charge is 0.474 e. The molecule has 0 bridgehead atoms. The number of nitrogens with zero attached hydrogens (tertiary/aromatic N) is 8. The van der Waals surface area contributed by atoms with Crippen LogP contribution in [0.25, 0.3) is 87.6 Å². The highest BCUT2D eigenvalue weighted by Crippen LogP contribution is 2.47.